The minimum atomic E-state index is -0.508. The normalized spacial score (nSPS) is 18.2. The number of ether oxygens (including phenoxy) is 1. The third-order valence-electron chi connectivity index (χ3n) is 10.1. The van der Waals surface area contributed by atoms with E-state index in [0.29, 0.717) is 47.1 Å². The van der Waals surface area contributed by atoms with Crippen LogP contribution in [0.4, 0.5) is 21.5 Å². The van der Waals surface area contributed by atoms with Crippen molar-refractivity contribution in [3.63, 3.8) is 0 Å². The fraction of sp³-hybridized carbons (Fsp3) is 0.389. The average Bonchev–Trinajstić information content (AvgIpc) is 3.42. The van der Waals surface area contributed by atoms with Gasteiger partial charge < -0.3 is 24.6 Å². The van der Waals surface area contributed by atoms with Gasteiger partial charge in [-0.15, -0.1) is 11.3 Å². The zero-order chi connectivity index (χ0) is 31.5. The Morgan fingerprint density at radius 2 is 1.85 bits per heavy atom. The Kier molecular flexibility index (Phi) is 7.56. The lowest BCUT2D eigenvalue weighted by molar-refractivity contribution is -0.0694. The van der Waals surface area contributed by atoms with Gasteiger partial charge in [-0.2, -0.15) is 0 Å². The average molecular weight is 641 g/mol. The molecule has 4 aliphatic rings. The highest BCUT2D eigenvalue weighted by Crippen LogP contribution is 2.41. The molecule has 2 aromatic carbocycles. The summed E-state index contributed by atoms with van der Waals surface area (Å²) in [6, 6.07) is 11.1. The molecular formula is C36H37FN4O4S. The number of aromatic nitrogens is 1. The summed E-state index contributed by atoms with van der Waals surface area (Å²) in [5.74, 6) is -0.641. The van der Waals surface area contributed by atoms with Crippen molar-refractivity contribution in [2.75, 3.05) is 36.5 Å². The van der Waals surface area contributed by atoms with Gasteiger partial charge in [0.25, 0.3) is 11.5 Å². The van der Waals surface area contributed by atoms with Crippen LogP contribution in [0.15, 0.2) is 47.4 Å². The highest BCUT2D eigenvalue weighted by atomic mass is 32.1. The van der Waals surface area contributed by atoms with Crippen LogP contribution in [-0.4, -0.2) is 52.8 Å². The predicted octanol–water partition coefficient (Wildman–Crippen LogP) is 5.33. The Morgan fingerprint density at radius 1 is 1.00 bits per heavy atom. The SMILES string of the molecule is Cn1cc(-c2cc(F)cc(N3CCc4c(sc5c4CCCC5)C3=O)c2CO)cc(Nc2ccc3c(c2)CCN(C2COC2)C3)c1=O. The van der Waals surface area contributed by atoms with Gasteiger partial charge in [0, 0.05) is 54.6 Å². The van der Waals surface area contributed by atoms with Crippen LogP contribution in [0.25, 0.3) is 11.1 Å². The molecule has 0 bridgehead atoms. The van der Waals surface area contributed by atoms with Crippen LogP contribution in [0.5, 0.6) is 0 Å². The Balaban J connectivity index is 1.11. The van der Waals surface area contributed by atoms with Crippen LogP contribution in [-0.2, 0) is 50.6 Å². The smallest absolute Gasteiger partial charge is 0.274 e. The number of anilines is 3. The number of nitrogens with one attached hydrogen (secondary N) is 1. The van der Waals surface area contributed by atoms with E-state index in [1.807, 2.05) is 6.07 Å². The zero-order valence-corrected chi connectivity index (χ0v) is 26.7. The molecule has 1 aliphatic carbocycles. The molecule has 2 N–H and O–H groups in total. The molecule has 8 nitrogen and oxygen atoms in total. The number of pyridine rings is 1. The number of thiophene rings is 1. The van der Waals surface area contributed by atoms with Crippen LogP contribution in [0.2, 0.25) is 0 Å². The number of benzene rings is 2. The number of hydrogen-bond acceptors (Lipinski definition) is 7. The monoisotopic (exact) mass is 640 g/mol. The number of aliphatic hydroxyl groups is 1. The van der Waals surface area contributed by atoms with Crippen molar-refractivity contribution < 1.29 is 19.0 Å². The minimum Gasteiger partial charge on any atom is -0.392 e. The Hall–Kier alpha value is -3.83. The molecule has 0 radical (unpaired) electrons. The van der Waals surface area contributed by atoms with Gasteiger partial charge in [0.2, 0.25) is 0 Å². The second kappa shape index (κ2) is 11.8. The first-order valence-electron chi connectivity index (χ1n) is 16.2. The second-order valence-corrected chi connectivity index (χ2v) is 14.0. The first kappa shape index (κ1) is 29.6. The number of aryl methyl sites for hydroxylation is 2. The minimum absolute atomic E-state index is 0.133. The van der Waals surface area contributed by atoms with Crippen LogP contribution < -0.4 is 15.8 Å². The zero-order valence-electron chi connectivity index (χ0n) is 25.9. The first-order chi connectivity index (χ1) is 22.4. The summed E-state index contributed by atoms with van der Waals surface area (Å²) in [4.78, 5) is 33.3. The van der Waals surface area contributed by atoms with E-state index in [1.165, 1.54) is 38.3 Å². The summed E-state index contributed by atoms with van der Waals surface area (Å²) < 4.78 is 22.2. The van der Waals surface area contributed by atoms with E-state index in [4.69, 9.17) is 4.74 Å². The second-order valence-electron chi connectivity index (χ2n) is 12.9. The van der Waals surface area contributed by atoms with E-state index in [0.717, 1.165) is 74.5 Å². The summed E-state index contributed by atoms with van der Waals surface area (Å²) in [7, 11) is 1.66. The van der Waals surface area contributed by atoms with Gasteiger partial charge in [-0.3, -0.25) is 14.5 Å². The van der Waals surface area contributed by atoms with Crippen molar-refractivity contribution in [1.82, 2.24) is 9.47 Å². The summed E-state index contributed by atoms with van der Waals surface area (Å²) in [5.41, 5.74) is 7.83. The third kappa shape index (κ3) is 5.08. The van der Waals surface area contributed by atoms with Gasteiger partial charge >= 0.3 is 0 Å². The van der Waals surface area contributed by atoms with Crippen LogP contribution in [0.3, 0.4) is 0 Å². The fourth-order valence-corrected chi connectivity index (χ4v) is 8.92. The molecule has 238 valence electrons. The van der Waals surface area contributed by atoms with E-state index >= 15 is 4.39 Å². The molecule has 0 atom stereocenters. The number of aliphatic hydroxyl groups excluding tert-OH is 1. The quantitative estimate of drug-likeness (QED) is 0.297. The van der Waals surface area contributed by atoms with Crippen molar-refractivity contribution in [2.24, 2.45) is 7.05 Å². The summed E-state index contributed by atoms with van der Waals surface area (Å²) in [5, 5.41) is 14.0. The molecule has 0 unspecified atom stereocenters. The highest BCUT2D eigenvalue weighted by molar-refractivity contribution is 7.14. The van der Waals surface area contributed by atoms with Crippen molar-refractivity contribution in [1.29, 1.82) is 0 Å². The molecule has 46 heavy (non-hydrogen) atoms. The Labute approximate surface area is 271 Å². The molecule has 10 heteroatoms. The fourth-order valence-electron chi connectivity index (χ4n) is 7.54. The van der Waals surface area contributed by atoms with E-state index < -0.39 is 5.82 Å². The topological polar surface area (TPSA) is 87.0 Å². The van der Waals surface area contributed by atoms with Crippen molar-refractivity contribution in [3.05, 3.63) is 96.3 Å². The molecule has 1 fully saturated rings. The van der Waals surface area contributed by atoms with Crippen LogP contribution in [0, 0.1) is 5.82 Å². The standard InChI is InChI=1S/C36H37FN4O4S/c1-39-16-23(13-31(35(39)43)38-25-7-6-22-17-40(26-19-45-20-26)10-8-21(22)12-25)29-14-24(37)15-32(30(29)18-42)41-11-9-28-27-4-2-3-5-33(27)46-34(28)36(41)44/h6-7,12-16,26,38,42H,2-5,8-11,17-20H2,1H3. The molecule has 4 aromatic rings. The molecule has 5 heterocycles. The maximum absolute atomic E-state index is 15.4. The third-order valence-corrected chi connectivity index (χ3v) is 11.4. The summed E-state index contributed by atoms with van der Waals surface area (Å²) in [6.45, 7) is 3.50. The van der Waals surface area contributed by atoms with E-state index in [1.54, 1.807) is 35.5 Å². The molecule has 0 saturated carbocycles. The lowest BCUT2D eigenvalue weighted by atomic mass is 9.91. The number of amides is 1. The van der Waals surface area contributed by atoms with Crippen LogP contribution >= 0.6 is 11.3 Å². The number of rotatable bonds is 6. The molecular weight excluding hydrogens is 603 g/mol. The lowest BCUT2D eigenvalue weighted by Crippen LogP contribution is -2.50. The van der Waals surface area contributed by atoms with Crippen molar-refractivity contribution in [3.8, 4) is 11.1 Å². The molecule has 1 saturated heterocycles. The van der Waals surface area contributed by atoms with Gasteiger partial charge in [0.15, 0.2) is 0 Å². The van der Waals surface area contributed by atoms with Crippen molar-refractivity contribution in [2.45, 2.75) is 57.7 Å². The number of carbonyl (C=O) groups excluding carboxylic acids is 1. The van der Waals surface area contributed by atoms with Crippen molar-refractivity contribution >= 4 is 34.3 Å². The van der Waals surface area contributed by atoms with Gasteiger partial charge in [-0.25, -0.2) is 4.39 Å². The number of nitrogens with zero attached hydrogens (tertiary/aromatic N) is 3. The first-order valence-corrected chi connectivity index (χ1v) is 17.0. The number of hydrogen-bond donors (Lipinski definition) is 2. The molecule has 1 amide bonds. The maximum Gasteiger partial charge on any atom is 0.274 e. The van der Waals surface area contributed by atoms with E-state index in [2.05, 4.69) is 22.3 Å². The Morgan fingerprint density at radius 3 is 2.65 bits per heavy atom. The summed E-state index contributed by atoms with van der Waals surface area (Å²) in [6.07, 6.45) is 7.61. The van der Waals surface area contributed by atoms with Gasteiger partial charge in [-0.1, -0.05) is 6.07 Å². The molecule has 2 aromatic heterocycles. The van der Waals surface area contributed by atoms with Gasteiger partial charge in [0.05, 0.1) is 36.4 Å². The summed E-state index contributed by atoms with van der Waals surface area (Å²) >= 11 is 1.58. The van der Waals surface area contributed by atoms with Gasteiger partial charge in [0.1, 0.15) is 11.5 Å². The molecule has 3 aliphatic heterocycles. The van der Waals surface area contributed by atoms with Crippen LogP contribution in [0.1, 0.15) is 55.2 Å². The molecule has 8 rings (SSSR count). The largest absolute Gasteiger partial charge is 0.392 e. The van der Waals surface area contributed by atoms with E-state index in [-0.39, 0.29) is 18.1 Å². The van der Waals surface area contributed by atoms with E-state index in [9.17, 15) is 14.7 Å². The van der Waals surface area contributed by atoms with Gasteiger partial charge in [-0.05, 0) is 96.7 Å². The number of carbonyl (C=O) groups is 1. The Bertz CT molecular complexity index is 1930. The molecule has 0 spiro atoms. The number of fused-ring (bicyclic) bond motifs is 4. The highest BCUT2D eigenvalue weighted by Gasteiger charge is 2.34. The lowest BCUT2D eigenvalue weighted by Gasteiger charge is -2.40. The maximum atomic E-state index is 15.4. The predicted molar refractivity (Wildman–Crippen MR) is 178 cm³/mol. The number of halogens is 1.